The van der Waals surface area contributed by atoms with Crippen LogP contribution in [0.3, 0.4) is 0 Å². The maximum atomic E-state index is 12.3. The van der Waals surface area contributed by atoms with Gasteiger partial charge in [-0.15, -0.1) is 6.42 Å². The van der Waals surface area contributed by atoms with Crippen molar-refractivity contribution in [1.82, 2.24) is 0 Å². The average molecular weight is 278 g/mol. The monoisotopic (exact) mass is 278 g/mol. The van der Waals surface area contributed by atoms with Crippen LogP contribution in [0.1, 0.15) is 61.6 Å². The van der Waals surface area contributed by atoms with Crippen LogP contribution in [0.4, 0.5) is 0 Å². The zero-order valence-corrected chi connectivity index (χ0v) is 12.7. The van der Waals surface area contributed by atoms with Gasteiger partial charge in [0.05, 0.1) is 0 Å². The molecule has 2 saturated carbocycles. The van der Waals surface area contributed by atoms with E-state index in [4.69, 9.17) is 6.42 Å². The summed E-state index contributed by atoms with van der Waals surface area (Å²) in [6.45, 7) is 2.24. The Morgan fingerprint density at radius 3 is 2.90 bits per heavy atom. The van der Waals surface area contributed by atoms with Crippen LogP contribution in [0.15, 0.2) is 18.2 Å². The molecule has 21 heavy (non-hydrogen) atoms. The van der Waals surface area contributed by atoms with E-state index in [9.17, 15) is 4.79 Å². The van der Waals surface area contributed by atoms with Gasteiger partial charge in [-0.25, -0.2) is 0 Å². The van der Waals surface area contributed by atoms with Gasteiger partial charge in [-0.3, -0.25) is 4.79 Å². The van der Waals surface area contributed by atoms with E-state index in [0.717, 1.165) is 31.2 Å². The molecule has 0 N–H and O–H groups in total. The second-order valence-corrected chi connectivity index (χ2v) is 7.39. The summed E-state index contributed by atoms with van der Waals surface area (Å²) in [4.78, 5) is 12.3. The van der Waals surface area contributed by atoms with E-state index in [-0.39, 0.29) is 5.41 Å². The maximum Gasteiger partial charge on any atom is 0.139 e. The van der Waals surface area contributed by atoms with Crippen LogP contribution in [-0.2, 0) is 11.2 Å². The second-order valence-electron chi connectivity index (χ2n) is 7.39. The minimum atomic E-state index is -0.0164. The van der Waals surface area contributed by atoms with Crippen LogP contribution in [0.25, 0.3) is 0 Å². The number of rotatable bonds is 0. The summed E-state index contributed by atoms with van der Waals surface area (Å²) in [5, 5.41) is 0. The van der Waals surface area contributed by atoms with Gasteiger partial charge in [0.2, 0.25) is 0 Å². The number of aryl methyl sites for hydroxylation is 1. The van der Waals surface area contributed by atoms with E-state index >= 15 is 0 Å². The highest BCUT2D eigenvalue weighted by molar-refractivity contribution is 5.87. The van der Waals surface area contributed by atoms with Crippen LogP contribution in [0, 0.1) is 29.6 Å². The molecule has 1 heteroatoms. The molecule has 0 saturated heterocycles. The topological polar surface area (TPSA) is 17.1 Å². The van der Waals surface area contributed by atoms with Crippen molar-refractivity contribution in [2.45, 2.75) is 51.4 Å². The second kappa shape index (κ2) is 4.47. The summed E-state index contributed by atoms with van der Waals surface area (Å²) in [5.74, 6) is 5.26. The highest BCUT2D eigenvalue weighted by atomic mass is 16.1. The fourth-order valence-electron chi connectivity index (χ4n) is 5.44. The fourth-order valence-corrected chi connectivity index (χ4v) is 5.44. The number of Topliss-reactive ketones (excluding diaryl/α,β-unsaturated/α-hetero) is 1. The molecule has 1 aromatic carbocycles. The first-order valence-electron chi connectivity index (χ1n) is 8.26. The Bertz CT molecular complexity index is 650. The Balaban J connectivity index is 1.72. The van der Waals surface area contributed by atoms with Crippen LogP contribution in [0.5, 0.6) is 0 Å². The molecular formula is C20H22O. The maximum absolute atomic E-state index is 12.3. The highest BCUT2D eigenvalue weighted by Gasteiger charge is 2.54. The molecule has 0 aliphatic heterocycles. The lowest BCUT2D eigenvalue weighted by atomic mass is 9.55. The first-order valence-corrected chi connectivity index (χ1v) is 8.26. The number of fused-ring (bicyclic) bond motifs is 5. The zero-order chi connectivity index (χ0) is 14.6. The van der Waals surface area contributed by atoms with Gasteiger partial charge in [0, 0.05) is 17.4 Å². The Morgan fingerprint density at radius 1 is 1.24 bits per heavy atom. The lowest BCUT2D eigenvalue weighted by Crippen LogP contribution is -2.42. The van der Waals surface area contributed by atoms with E-state index < -0.39 is 0 Å². The van der Waals surface area contributed by atoms with Gasteiger partial charge in [-0.1, -0.05) is 18.9 Å². The zero-order valence-electron chi connectivity index (χ0n) is 12.7. The molecule has 3 unspecified atom stereocenters. The standard InChI is InChI=1S/C20H22O/c1-3-13-4-6-15-14(12-13)5-7-17-16(15)10-11-20(2)18(17)8-9-19(20)21/h1,4,6,12,16-18H,5,7-11H2,2H3/t16?,17?,18?,20-/m0/s1. The third-order valence-corrected chi connectivity index (χ3v) is 6.60. The minimum absolute atomic E-state index is 0.0164. The normalized spacial score (nSPS) is 37.3. The Labute approximate surface area is 127 Å². The molecule has 4 rings (SSSR count). The van der Waals surface area contributed by atoms with Crippen LogP contribution in [0.2, 0.25) is 0 Å². The Morgan fingerprint density at radius 2 is 2.10 bits per heavy atom. The predicted octanol–water partition coefficient (Wildman–Crippen LogP) is 4.09. The minimum Gasteiger partial charge on any atom is -0.299 e. The van der Waals surface area contributed by atoms with Gasteiger partial charge < -0.3 is 0 Å². The number of ketones is 1. The molecule has 0 bridgehead atoms. The predicted molar refractivity (Wildman–Crippen MR) is 84.0 cm³/mol. The van der Waals surface area contributed by atoms with Crippen LogP contribution < -0.4 is 0 Å². The van der Waals surface area contributed by atoms with E-state index in [1.165, 1.54) is 24.0 Å². The highest BCUT2D eigenvalue weighted by Crippen LogP contribution is 2.59. The molecule has 3 aliphatic carbocycles. The summed E-state index contributed by atoms with van der Waals surface area (Å²) in [5.41, 5.74) is 3.97. The molecule has 2 fully saturated rings. The van der Waals surface area contributed by atoms with Crippen molar-refractivity contribution in [3.05, 3.63) is 34.9 Å². The number of carbonyl (C=O) groups excluding carboxylic acids is 1. The summed E-state index contributed by atoms with van der Waals surface area (Å²) in [7, 11) is 0. The van der Waals surface area contributed by atoms with E-state index in [2.05, 4.69) is 31.0 Å². The summed E-state index contributed by atoms with van der Waals surface area (Å²) in [6.07, 6.45) is 12.1. The summed E-state index contributed by atoms with van der Waals surface area (Å²) >= 11 is 0. The van der Waals surface area contributed by atoms with Gasteiger partial charge in [-0.2, -0.15) is 0 Å². The van der Waals surface area contributed by atoms with Gasteiger partial charge in [-0.05, 0) is 73.1 Å². The quantitative estimate of drug-likeness (QED) is 0.653. The van der Waals surface area contributed by atoms with Gasteiger partial charge in [0.25, 0.3) is 0 Å². The fraction of sp³-hybridized carbons (Fsp3) is 0.550. The summed E-state index contributed by atoms with van der Waals surface area (Å²) in [6, 6.07) is 6.56. The molecule has 0 radical (unpaired) electrons. The molecular weight excluding hydrogens is 256 g/mol. The van der Waals surface area contributed by atoms with Crippen molar-refractivity contribution in [1.29, 1.82) is 0 Å². The van der Waals surface area contributed by atoms with E-state index in [0.29, 0.717) is 23.5 Å². The number of hydrogen-bond donors (Lipinski definition) is 0. The molecule has 0 amide bonds. The van der Waals surface area contributed by atoms with Crippen molar-refractivity contribution >= 4 is 5.78 Å². The van der Waals surface area contributed by atoms with Crippen molar-refractivity contribution in [2.24, 2.45) is 17.3 Å². The lowest BCUT2D eigenvalue weighted by Gasteiger charge is -2.48. The van der Waals surface area contributed by atoms with Crippen LogP contribution >= 0.6 is 0 Å². The van der Waals surface area contributed by atoms with Gasteiger partial charge in [0.15, 0.2) is 0 Å². The molecule has 1 nitrogen and oxygen atoms in total. The third-order valence-electron chi connectivity index (χ3n) is 6.60. The van der Waals surface area contributed by atoms with Crippen LogP contribution in [-0.4, -0.2) is 5.78 Å². The van der Waals surface area contributed by atoms with E-state index in [1.54, 1.807) is 0 Å². The van der Waals surface area contributed by atoms with Crippen molar-refractivity contribution in [3.63, 3.8) is 0 Å². The van der Waals surface area contributed by atoms with Crippen molar-refractivity contribution < 1.29 is 4.79 Å². The Kier molecular flexibility index (Phi) is 2.80. The molecule has 0 spiro atoms. The largest absolute Gasteiger partial charge is 0.299 e. The molecule has 1 aromatic rings. The first-order chi connectivity index (χ1) is 10.1. The van der Waals surface area contributed by atoms with Crippen molar-refractivity contribution in [3.8, 4) is 12.3 Å². The third kappa shape index (κ3) is 1.75. The smallest absolute Gasteiger partial charge is 0.139 e. The number of terminal acetylenes is 1. The number of carbonyl (C=O) groups is 1. The van der Waals surface area contributed by atoms with Crippen molar-refractivity contribution in [2.75, 3.05) is 0 Å². The molecule has 3 aliphatic rings. The van der Waals surface area contributed by atoms with E-state index in [1.807, 2.05) is 0 Å². The molecule has 0 heterocycles. The molecule has 108 valence electrons. The summed E-state index contributed by atoms with van der Waals surface area (Å²) < 4.78 is 0. The molecule has 0 aromatic heterocycles. The Hall–Kier alpha value is -1.55. The average Bonchev–Trinajstić information content (AvgIpc) is 2.82. The SMILES string of the molecule is C#Cc1ccc2c(c1)CCC1C2CC[C@]2(C)C(=O)CCC12. The molecule has 4 atom stereocenters. The number of hydrogen-bond acceptors (Lipinski definition) is 1. The first kappa shape index (κ1) is 13.1. The lowest BCUT2D eigenvalue weighted by molar-refractivity contribution is -0.129. The number of benzene rings is 1. The van der Waals surface area contributed by atoms with Gasteiger partial charge >= 0.3 is 0 Å². The van der Waals surface area contributed by atoms with Gasteiger partial charge in [0.1, 0.15) is 5.78 Å².